The van der Waals surface area contributed by atoms with E-state index in [1.54, 1.807) is 99.1 Å². The maximum Gasteiger partial charge on any atom is 0.193 e. The van der Waals surface area contributed by atoms with Crippen molar-refractivity contribution in [2.24, 2.45) is 0 Å². The highest BCUT2D eigenvalue weighted by Gasteiger charge is 2.19. The molecular formula is C28H20Cl2O4. The highest BCUT2D eigenvalue weighted by atomic mass is 35.5. The van der Waals surface area contributed by atoms with Crippen molar-refractivity contribution in [2.45, 2.75) is 0 Å². The molecule has 0 atom stereocenters. The lowest BCUT2D eigenvalue weighted by atomic mass is 9.94. The van der Waals surface area contributed by atoms with Crippen LogP contribution in [0, 0.1) is 0 Å². The van der Waals surface area contributed by atoms with Gasteiger partial charge < -0.3 is 9.47 Å². The van der Waals surface area contributed by atoms with Gasteiger partial charge in [0.15, 0.2) is 11.6 Å². The summed E-state index contributed by atoms with van der Waals surface area (Å²) in [5, 5.41) is 1.03. The number of hydrogen-bond donors (Lipinski definition) is 0. The molecule has 0 bridgehead atoms. The van der Waals surface area contributed by atoms with E-state index in [4.69, 9.17) is 32.7 Å². The summed E-state index contributed by atoms with van der Waals surface area (Å²) >= 11 is 12.0. The number of hydrogen-bond acceptors (Lipinski definition) is 4. The topological polar surface area (TPSA) is 52.6 Å². The van der Waals surface area contributed by atoms with E-state index in [0.717, 1.165) is 0 Å². The van der Waals surface area contributed by atoms with Crippen molar-refractivity contribution in [3.8, 4) is 22.6 Å². The molecule has 0 heterocycles. The van der Waals surface area contributed by atoms with Crippen LogP contribution in [0.2, 0.25) is 10.0 Å². The average Bonchev–Trinajstić information content (AvgIpc) is 2.87. The van der Waals surface area contributed by atoms with Crippen LogP contribution in [-0.2, 0) is 0 Å². The smallest absolute Gasteiger partial charge is 0.193 e. The van der Waals surface area contributed by atoms with E-state index >= 15 is 0 Å². The van der Waals surface area contributed by atoms with Crippen molar-refractivity contribution in [1.82, 2.24) is 0 Å². The highest BCUT2D eigenvalue weighted by molar-refractivity contribution is 6.31. The summed E-state index contributed by atoms with van der Waals surface area (Å²) in [7, 11) is 3.10. The van der Waals surface area contributed by atoms with Crippen LogP contribution in [0.15, 0.2) is 84.9 Å². The van der Waals surface area contributed by atoms with Crippen LogP contribution >= 0.6 is 23.2 Å². The van der Waals surface area contributed by atoms with E-state index in [9.17, 15) is 9.59 Å². The lowest BCUT2D eigenvalue weighted by molar-refractivity contribution is 0.103. The fourth-order valence-corrected chi connectivity index (χ4v) is 4.00. The molecule has 0 unspecified atom stereocenters. The summed E-state index contributed by atoms with van der Waals surface area (Å²) in [4.78, 5) is 26.2. The van der Waals surface area contributed by atoms with Gasteiger partial charge in [-0.05, 0) is 72.8 Å². The van der Waals surface area contributed by atoms with E-state index in [1.165, 1.54) is 0 Å². The summed E-state index contributed by atoms with van der Waals surface area (Å²) < 4.78 is 11.1. The van der Waals surface area contributed by atoms with Gasteiger partial charge in [0.25, 0.3) is 0 Å². The second-order valence-corrected chi connectivity index (χ2v) is 8.38. The Morgan fingerprint density at radius 2 is 1.03 bits per heavy atom. The van der Waals surface area contributed by atoms with Crippen LogP contribution in [0.1, 0.15) is 31.8 Å². The first kappa shape index (κ1) is 23.6. The molecule has 0 aromatic heterocycles. The molecule has 0 saturated carbocycles. The molecule has 0 aliphatic heterocycles. The number of ketones is 2. The van der Waals surface area contributed by atoms with Crippen molar-refractivity contribution in [3.05, 3.63) is 117 Å². The van der Waals surface area contributed by atoms with Gasteiger partial charge in [0.05, 0.1) is 14.2 Å². The minimum atomic E-state index is -0.182. The van der Waals surface area contributed by atoms with Gasteiger partial charge in [-0.1, -0.05) is 35.3 Å². The molecule has 0 spiro atoms. The third-order valence-electron chi connectivity index (χ3n) is 5.41. The Balaban J connectivity index is 1.81. The van der Waals surface area contributed by atoms with Crippen molar-refractivity contribution >= 4 is 34.8 Å². The number of rotatable bonds is 7. The SMILES string of the molecule is COc1ccc(C(=O)c2ccc(Cl)cc2)cc1-c1cc(C(=O)c2cccc(Cl)c2)ccc1OC. The van der Waals surface area contributed by atoms with Gasteiger partial charge in [-0.3, -0.25) is 9.59 Å². The maximum absolute atomic E-state index is 13.1. The summed E-state index contributed by atoms with van der Waals surface area (Å²) in [6.07, 6.45) is 0. The Bertz CT molecular complexity index is 1380. The number of methoxy groups -OCH3 is 2. The first-order chi connectivity index (χ1) is 16.4. The van der Waals surface area contributed by atoms with Gasteiger partial charge in [-0.2, -0.15) is 0 Å². The molecule has 170 valence electrons. The average molecular weight is 491 g/mol. The van der Waals surface area contributed by atoms with Crippen LogP contribution in [0.3, 0.4) is 0 Å². The Labute approximate surface area is 207 Å². The van der Waals surface area contributed by atoms with Gasteiger partial charge in [0.1, 0.15) is 11.5 Å². The van der Waals surface area contributed by atoms with E-state index in [-0.39, 0.29) is 11.6 Å². The zero-order chi connectivity index (χ0) is 24.2. The summed E-state index contributed by atoms with van der Waals surface area (Å²) in [5.74, 6) is 0.736. The number of benzene rings is 4. The lowest BCUT2D eigenvalue weighted by Crippen LogP contribution is -2.04. The quantitative estimate of drug-likeness (QED) is 0.258. The Morgan fingerprint density at radius 1 is 0.559 bits per heavy atom. The summed E-state index contributed by atoms with van der Waals surface area (Å²) in [6, 6.07) is 23.8. The second kappa shape index (κ2) is 10.1. The number of carbonyl (C=O) groups excluding carboxylic acids is 2. The molecule has 0 aliphatic rings. The fourth-order valence-electron chi connectivity index (χ4n) is 3.68. The molecule has 0 N–H and O–H groups in total. The standard InChI is InChI=1S/C28H20Cl2O4/c1-33-25-12-8-19(27(31)17-6-10-21(29)11-7-17)15-23(25)24-16-20(9-13-26(24)34-2)28(32)18-4-3-5-22(30)14-18/h3-16H,1-2H3. The zero-order valence-electron chi connectivity index (χ0n) is 18.5. The third-order valence-corrected chi connectivity index (χ3v) is 5.89. The highest BCUT2D eigenvalue weighted by Crippen LogP contribution is 2.38. The van der Waals surface area contributed by atoms with E-state index in [0.29, 0.717) is 54.9 Å². The van der Waals surface area contributed by atoms with Gasteiger partial charge in [-0.15, -0.1) is 0 Å². The molecule has 4 aromatic carbocycles. The number of ether oxygens (including phenoxy) is 2. The minimum absolute atomic E-state index is 0.161. The van der Waals surface area contributed by atoms with Gasteiger partial charge in [0, 0.05) is 43.4 Å². The molecule has 4 nitrogen and oxygen atoms in total. The van der Waals surface area contributed by atoms with Crippen molar-refractivity contribution in [2.75, 3.05) is 14.2 Å². The lowest BCUT2D eigenvalue weighted by Gasteiger charge is -2.15. The molecule has 0 amide bonds. The zero-order valence-corrected chi connectivity index (χ0v) is 20.0. The first-order valence-corrected chi connectivity index (χ1v) is 11.1. The van der Waals surface area contributed by atoms with Crippen molar-refractivity contribution in [3.63, 3.8) is 0 Å². The molecule has 4 rings (SSSR count). The second-order valence-electron chi connectivity index (χ2n) is 7.51. The summed E-state index contributed by atoms with van der Waals surface area (Å²) in [5.41, 5.74) is 3.15. The Kier molecular flexibility index (Phi) is 7.01. The Morgan fingerprint density at radius 3 is 1.53 bits per heavy atom. The molecule has 34 heavy (non-hydrogen) atoms. The van der Waals surface area contributed by atoms with Crippen molar-refractivity contribution in [1.29, 1.82) is 0 Å². The predicted molar refractivity (Wildman–Crippen MR) is 135 cm³/mol. The molecule has 0 aliphatic carbocycles. The number of carbonyl (C=O) groups is 2. The van der Waals surface area contributed by atoms with Crippen LogP contribution in [0.5, 0.6) is 11.5 Å². The number of halogens is 2. The van der Waals surface area contributed by atoms with Gasteiger partial charge in [0.2, 0.25) is 0 Å². The fraction of sp³-hybridized carbons (Fsp3) is 0.0714. The predicted octanol–water partition coefficient (Wildman–Crippen LogP) is 7.14. The van der Waals surface area contributed by atoms with Gasteiger partial charge >= 0.3 is 0 Å². The van der Waals surface area contributed by atoms with E-state index in [2.05, 4.69) is 0 Å². The van der Waals surface area contributed by atoms with E-state index in [1.807, 2.05) is 0 Å². The first-order valence-electron chi connectivity index (χ1n) is 10.4. The molecule has 0 saturated heterocycles. The molecule has 0 fully saturated rings. The van der Waals surface area contributed by atoms with E-state index < -0.39 is 0 Å². The molecule has 6 heteroatoms. The summed E-state index contributed by atoms with van der Waals surface area (Å²) in [6.45, 7) is 0. The normalized spacial score (nSPS) is 10.6. The molecule has 4 aromatic rings. The van der Waals surface area contributed by atoms with Crippen LogP contribution in [0.4, 0.5) is 0 Å². The van der Waals surface area contributed by atoms with Crippen LogP contribution in [-0.4, -0.2) is 25.8 Å². The van der Waals surface area contributed by atoms with Crippen molar-refractivity contribution < 1.29 is 19.1 Å². The van der Waals surface area contributed by atoms with Gasteiger partial charge in [-0.25, -0.2) is 0 Å². The van der Waals surface area contributed by atoms with Crippen LogP contribution in [0.25, 0.3) is 11.1 Å². The largest absolute Gasteiger partial charge is 0.496 e. The van der Waals surface area contributed by atoms with Crippen LogP contribution < -0.4 is 9.47 Å². The maximum atomic E-state index is 13.1. The third kappa shape index (κ3) is 4.84. The Hall–Kier alpha value is -3.60. The molecular weight excluding hydrogens is 471 g/mol. The monoisotopic (exact) mass is 490 g/mol. The minimum Gasteiger partial charge on any atom is -0.496 e. The molecule has 0 radical (unpaired) electrons.